The minimum absolute atomic E-state index is 0. The summed E-state index contributed by atoms with van der Waals surface area (Å²) in [6.07, 6.45) is 5.07. The van der Waals surface area contributed by atoms with Crippen molar-refractivity contribution < 1.29 is 24.4 Å². The number of nitrogens with one attached hydrogen (secondary N) is 1. The summed E-state index contributed by atoms with van der Waals surface area (Å²) < 4.78 is 11.6. The maximum atomic E-state index is 5.86. The van der Waals surface area contributed by atoms with Crippen LogP contribution in [0.1, 0.15) is 30.3 Å². The Kier molecular flexibility index (Phi) is 7.04. The van der Waals surface area contributed by atoms with Gasteiger partial charge in [0, 0.05) is 6.10 Å². The van der Waals surface area contributed by atoms with Gasteiger partial charge in [0.05, 0.1) is 0 Å². The van der Waals surface area contributed by atoms with Crippen LogP contribution in [0, 0.1) is 37.5 Å². The first-order valence-corrected chi connectivity index (χ1v) is 5.99. The molecule has 0 aliphatic carbocycles. The first kappa shape index (κ1) is 16.7. The van der Waals surface area contributed by atoms with E-state index < -0.39 is 0 Å². The summed E-state index contributed by atoms with van der Waals surface area (Å²) in [5.41, 5.74) is 2.75. The molecule has 1 saturated heterocycles. The van der Waals surface area contributed by atoms with Crippen molar-refractivity contribution in [3.8, 4) is 0 Å². The third kappa shape index (κ3) is 2.74. The zero-order valence-electron chi connectivity index (χ0n) is 10.5. The van der Waals surface area contributed by atoms with Gasteiger partial charge in [-0.1, -0.05) is 24.3 Å². The normalized spacial score (nSPS) is 27.1. The van der Waals surface area contributed by atoms with Crippen LogP contribution in [0.3, 0.4) is 0 Å². The van der Waals surface area contributed by atoms with Gasteiger partial charge in [-0.15, -0.1) is 0 Å². The molecule has 2 bridgehead atoms. The molecule has 2 nitrogen and oxygen atoms in total. The standard InChI is InChI=1S/C12H12O.2CH3.Mo.HN/c1-2-8-7-11-9-5-3-4-6-10(9)12(8)13-11;;;;/h2-8,11-12H,1H3;2*1H3;;1H/q-2;2*-1;+4;/t8-,11?,12?;;;;/m1..../s1. The Bertz CT molecular complexity index is 354. The van der Waals surface area contributed by atoms with Gasteiger partial charge >= 0.3 is 23.5 Å². The van der Waals surface area contributed by atoms with Gasteiger partial charge in [-0.25, -0.2) is 0 Å². The molecule has 2 aliphatic heterocycles. The van der Waals surface area contributed by atoms with Crippen molar-refractivity contribution in [2.45, 2.75) is 19.1 Å². The molecule has 1 N–H and O–H groups in total. The third-order valence-electron chi connectivity index (χ3n) is 3.03. The Labute approximate surface area is 116 Å². The van der Waals surface area contributed by atoms with Gasteiger partial charge in [-0.2, -0.15) is 6.92 Å². The van der Waals surface area contributed by atoms with Gasteiger partial charge in [0.15, 0.2) is 0 Å². The maximum absolute atomic E-state index is 5.86. The van der Waals surface area contributed by atoms with Crippen LogP contribution in [-0.2, 0) is 24.4 Å². The van der Waals surface area contributed by atoms with E-state index in [0.29, 0.717) is 12.0 Å². The van der Waals surface area contributed by atoms with Crippen LogP contribution in [0.25, 0.3) is 0 Å². The molecule has 0 radical (unpaired) electrons. The molecule has 1 aromatic rings. The molecule has 2 unspecified atom stereocenters. The molecule has 0 aromatic heterocycles. The molecule has 2 heterocycles. The average molecular weight is 313 g/mol. The van der Waals surface area contributed by atoms with Crippen molar-refractivity contribution in [3.05, 3.63) is 63.1 Å². The molecule has 3 rings (SSSR count). The number of hydrogen-bond donors (Lipinski definition) is 1. The molecule has 0 spiro atoms. The molecule has 3 heteroatoms. The molecule has 0 amide bonds. The van der Waals surface area contributed by atoms with Gasteiger partial charge in [0.1, 0.15) is 0 Å². The monoisotopic (exact) mass is 315 g/mol. The van der Waals surface area contributed by atoms with Crippen molar-refractivity contribution in [1.29, 1.82) is 3.91 Å². The zero-order chi connectivity index (χ0) is 10.8. The number of hydrogen-bond acceptors (Lipinski definition) is 2. The van der Waals surface area contributed by atoms with Crippen LogP contribution in [0.2, 0.25) is 0 Å². The van der Waals surface area contributed by atoms with Crippen molar-refractivity contribution in [2.24, 2.45) is 5.92 Å². The summed E-state index contributed by atoms with van der Waals surface area (Å²) in [4.78, 5) is 0. The quantitative estimate of drug-likeness (QED) is 0.616. The van der Waals surface area contributed by atoms with Crippen molar-refractivity contribution in [1.82, 2.24) is 0 Å². The summed E-state index contributed by atoms with van der Waals surface area (Å²) in [6, 6.07) is 8.53. The molecule has 92 valence electrons. The second kappa shape index (κ2) is 7.18. The molecule has 17 heavy (non-hydrogen) atoms. The fraction of sp³-hybridized carbons (Fsp3) is 0.286. The second-order valence-electron chi connectivity index (χ2n) is 3.71. The molecule has 3 atom stereocenters. The predicted molar refractivity (Wildman–Crippen MR) is 66.3 cm³/mol. The molecule has 2 aliphatic rings. The number of rotatable bonds is 1. The zero-order valence-corrected chi connectivity index (χ0v) is 12.5. The van der Waals surface area contributed by atoms with Crippen LogP contribution >= 0.6 is 0 Å². The predicted octanol–water partition coefficient (Wildman–Crippen LogP) is 4.05. The van der Waals surface area contributed by atoms with Crippen LogP contribution in [0.5, 0.6) is 0 Å². The van der Waals surface area contributed by atoms with Crippen LogP contribution in [0.4, 0.5) is 0 Å². The first-order chi connectivity index (χ1) is 7.40. The Hall–Kier alpha value is -0.332. The van der Waals surface area contributed by atoms with Gasteiger partial charge in [-0.05, 0) is 17.2 Å². The Morgan fingerprint density at radius 2 is 1.82 bits per heavy atom. The summed E-state index contributed by atoms with van der Waals surface area (Å²) in [7, 11) is 0. The molecule has 0 saturated carbocycles. The van der Waals surface area contributed by atoms with Crippen LogP contribution < -0.4 is 0 Å². The molecular formula is C14H19MoNO. The van der Waals surface area contributed by atoms with E-state index in [4.69, 9.17) is 8.65 Å². The minimum atomic E-state index is 0. The van der Waals surface area contributed by atoms with E-state index in [-0.39, 0.29) is 21.0 Å². The van der Waals surface area contributed by atoms with E-state index in [2.05, 4.69) is 44.0 Å². The molecular weight excluding hydrogens is 294 g/mol. The number of fused-ring (bicyclic) bond motifs is 5. The van der Waals surface area contributed by atoms with Gasteiger partial charge < -0.3 is 32.4 Å². The van der Waals surface area contributed by atoms with E-state index >= 15 is 0 Å². The van der Waals surface area contributed by atoms with E-state index in [1.165, 1.54) is 30.8 Å². The Balaban J connectivity index is 0.000000611. The van der Waals surface area contributed by atoms with Crippen LogP contribution in [-0.4, -0.2) is 0 Å². The fourth-order valence-electron chi connectivity index (χ4n) is 2.37. The second-order valence-corrected chi connectivity index (χ2v) is 3.71. The first-order valence-electron chi connectivity index (χ1n) is 4.99. The third-order valence-corrected chi connectivity index (χ3v) is 3.03. The van der Waals surface area contributed by atoms with Crippen molar-refractivity contribution in [3.63, 3.8) is 0 Å². The van der Waals surface area contributed by atoms with Gasteiger partial charge in [-0.3, -0.25) is 5.92 Å². The van der Waals surface area contributed by atoms with Gasteiger partial charge in [0.2, 0.25) is 0 Å². The SMILES string of the molecule is C[CH-][C@@H]1[CH-]C2OC1c1ccccc12.[CH3-].[CH3-].[NH]=[Mo+4]. The van der Waals surface area contributed by atoms with Crippen molar-refractivity contribution >= 4 is 0 Å². The summed E-state index contributed by atoms with van der Waals surface area (Å²) in [5.74, 6) is 0.514. The Morgan fingerprint density at radius 1 is 1.24 bits per heavy atom. The number of benzene rings is 1. The van der Waals surface area contributed by atoms with E-state index in [0.717, 1.165) is 0 Å². The fourth-order valence-corrected chi connectivity index (χ4v) is 2.37. The molecule has 1 aromatic carbocycles. The topological polar surface area (TPSA) is 33.1 Å². The van der Waals surface area contributed by atoms with Crippen molar-refractivity contribution in [2.75, 3.05) is 0 Å². The van der Waals surface area contributed by atoms with E-state index in [1.807, 2.05) is 0 Å². The number of ether oxygens (including phenoxy) is 1. The summed E-state index contributed by atoms with van der Waals surface area (Å²) in [5, 5.41) is 0. The van der Waals surface area contributed by atoms with Crippen LogP contribution in [0.15, 0.2) is 24.3 Å². The molecule has 1 fully saturated rings. The summed E-state index contributed by atoms with van der Waals surface area (Å²) >= 11 is 1.20. The van der Waals surface area contributed by atoms with Gasteiger partial charge in [0.25, 0.3) is 0 Å². The van der Waals surface area contributed by atoms with E-state index in [9.17, 15) is 0 Å². The Morgan fingerprint density at radius 3 is 2.41 bits per heavy atom. The summed E-state index contributed by atoms with van der Waals surface area (Å²) in [6.45, 7) is 2.10. The average Bonchev–Trinajstić information content (AvgIpc) is 2.90. The van der Waals surface area contributed by atoms with E-state index in [1.54, 1.807) is 0 Å².